The van der Waals surface area contributed by atoms with Crippen molar-refractivity contribution in [3.63, 3.8) is 0 Å². The van der Waals surface area contributed by atoms with E-state index in [1.165, 1.54) is 0 Å². The summed E-state index contributed by atoms with van der Waals surface area (Å²) in [6.07, 6.45) is 2.83. The van der Waals surface area contributed by atoms with Crippen molar-refractivity contribution < 1.29 is 4.79 Å². The molecule has 146 valence electrons. The summed E-state index contributed by atoms with van der Waals surface area (Å²) in [5, 5.41) is 4.17. The molecule has 0 spiro atoms. The molecule has 2 N–H and O–H groups in total. The number of unbranched alkanes of at least 4 members (excludes halogenated alkanes) is 2. The second kappa shape index (κ2) is 9.66. The summed E-state index contributed by atoms with van der Waals surface area (Å²) in [5.74, 6) is 0.0000773. The molecular weight excluding hydrogens is 394 g/mol. The maximum absolute atomic E-state index is 12.6. The quantitative estimate of drug-likeness (QED) is 0.417. The fraction of sp³-hybridized carbons (Fsp3) is 0.286. The Morgan fingerprint density at radius 1 is 1.07 bits per heavy atom. The van der Waals surface area contributed by atoms with Crippen molar-refractivity contribution in [3.8, 4) is 0 Å². The number of amides is 1. The average Bonchev–Trinajstić information content (AvgIpc) is 2.69. The molecule has 3 aromatic rings. The lowest BCUT2D eigenvalue weighted by molar-refractivity contribution is -0.121. The fourth-order valence-electron chi connectivity index (χ4n) is 3.06. The molecule has 3 rings (SSSR count). The normalized spacial score (nSPS) is 10.9. The van der Waals surface area contributed by atoms with Crippen LogP contribution >= 0.6 is 23.8 Å². The first-order valence-corrected chi connectivity index (χ1v) is 10.1. The van der Waals surface area contributed by atoms with Crippen LogP contribution in [0.4, 0.5) is 0 Å². The number of benzene rings is 2. The Kier molecular flexibility index (Phi) is 7.01. The Morgan fingerprint density at radius 3 is 2.64 bits per heavy atom. The van der Waals surface area contributed by atoms with Crippen LogP contribution in [-0.4, -0.2) is 15.5 Å². The number of nitrogens with zero attached hydrogens (tertiary/aromatic N) is 1. The summed E-state index contributed by atoms with van der Waals surface area (Å²) in [5.41, 5.74) is 1.59. The van der Waals surface area contributed by atoms with Crippen LogP contribution in [0, 0.1) is 4.77 Å². The van der Waals surface area contributed by atoms with Gasteiger partial charge in [-0.05, 0) is 48.8 Å². The third-order valence-electron chi connectivity index (χ3n) is 4.61. The van der Waals surface area contributed by atoms with E-state index >= 15 is 0 Å². The van der Waals surface area contributed by atoms with Crippen LogP contribution < -0.4 is 10.9 Å². The molecule has 0 fully saturated rings. The van der Waals surface area contributed by atoms with Crippen LogP contribution in [0.2, 0.25) is 5.02 Å². The van der Waals surface area contributed by atoms with Crippen LogP contribution in [0.5, 0.6) is 0 Å². The van der Waals surface area contributed by atoms with Crippen LogP contribution in [0.25, 0.3) is 10.9 Å². The van der Waals surface area contributed by atoms with E-state index in [0.29, 0.717) is 34.7 Å². The highest BCUT2D eigenvalue weighted by atomic mass is 35.5. The first-order chi connectivity index (χ1) is 13.6. The number of halogens is 1. The zero-order chi connectivity index (χ0) is 19.9. The first-order valence-electron chi connectivity index (χ1n) is 9.28. The fourth-order valence-corrected chi connectivity index (χ4v) is 3.54. The minimum atomic E-state index is -0.0724. The second-order valence-electron chi connectivity index (χ2n) is 6.61. The molecule has 0 aliphatic heterocycles. The largest absolute Gasteiger partial charge is 0.352 e. The van der Waals surface area contributed by atoms with Crippen molar-refractivity contribution >= 4 is 40.6 Å². The number of carbonyl (C=O) groups is 1. The Morgan fingerprint density at radius 2 is 1.82 bits per heavy atom. The summed E-state index contributed by atoms with van der Waals surface area (Å²) in [4.78, 5) is 27.7. The molecule has 0 aliphatic rings. The summed E-state index contributed by atoms with van der Waals surface area (Å²) >= 11 is 11.4. The van der Waals surface area contributed by atoms with Gasteiger partial charge in [0.1, 0.15) is 0 Å². The lowest BCUT2D eigenvalue weighted by Crippen LogP contribution is -2.23. The number of nitrogens with one attached hydrogen (secondary N) is 2. The molecule has 1 heterocycles. The molecule has 0 bridgehead atoms. The van der Waals surface area contributed by atoms with Gasteiger partial charge in [-0.1, -0.05) is 48.4 Å². The lowest BCUT2D eigenvalue weighted by Gasteiger charge is -2.09. The minimum absolute atomic E-state index is 0.0000773. The first kappa shape index (κ1) is 20.3. The van der Waals surface area contributed by atoms with Crippen LogP contribution in [0.3, 0.4) is 0 Å². The maximum atomic E-state index is 12.6. The third-order valence-corrected chi connectivity index (χ3v) is 5.30. The third kappa shape index (κ3) is 5.09. The number of aromatic amines is 1. The number of aromatic nitrogens is 2. The standard InChI is InChI=1S/C21H22ClN3O2S/c22-17-10-5-3-8-15(17)14-23-19(26)12-2-1-7-13-25-20(27)16-9-4-6-11-18(16)24-21(25)28/h3-6,8-11H,1-2,7,12-14H2,(H,23,26)(H,24,28). The van der Waals surface area contributed by atoms with Crippen molar-refractivity contribution in [3.05, 3.63) is 74.2 Å². The Bertz CT molecular complexity index is 1090. The predicted molar refractivity (Wildman–Crippen MR) is 115 cm³/mol. The molecule has 28 heavy (non-hydrogen) atoms. The molecule has 7 heteroatoms. The molecule has 1 aromatic heterocycles. The molecule has 0 atom stereocenters. The maximum Gasteiger partial charge on any atom is 0.262 e. The van der Waals surface area contributed by atoms with Gasteiger partial charge in [0.25, 0.3) is 5.56 Å². The van der Waals surface area contributed by atoms with Gasteiger partial charge in [0.2, 0.25) is 5.91 Å². The monoisotopic (exact) mass is 415 g/mol. The number of hydrogen-bond acceptors (Lipinski definition) is 3. The average molecular weight is 416 g/mol. The summed E-state index contributed by atoms with van der Waals surface area (Å²) in [7, 11) is 0. The summed E-state index contributed by atoms with van der Waals surface area (Å²) in [6, 6.07) is 14.8. The molecule has 0 saturated heterocycles. The smallest absolute Gasteiger partial charge is 0.262 e. The Labute approximate surface area is 173 Å². The number of hydrogen-bond donors (Lipinski definition) is 2. The van der Waals surface area contributed by atoms with Crippen molar-refractivity contribution in [1.29, 1.82) is 0 Å². The van der Waals surface area contributed by atoms with Gasteiger partial charge in [-0.25, -0.2) is 0 Å². The van der Waals surface area contributed by atoms with E-state index < -0.39 is 0 Å². The van der Waals surface area contributed by atoms with E-state index in [1.54, 1.807) is 10.6 Å². The molecule has 2 aromatic carbocycles. The van der Waals surface area contributed by atoms with E-state index in [0.717, 1.165) is 30.3 Å². The highest BCUT2D eigenvalue weighted by Gasteiger charge is 2.06. The van der Waals surface area contributed by atoms with Crippen molar-refractivity contribution in [2.24, 2.45) is 0 Å². The molecule has 0 aliphatic carbocycles. The second-order valence-corrected chi connectivity index (χ2v) is 7.41. The highest BCUT2D eigenvalue weighted by Crippen LogP contribution is 2.14. The summed E-state index contributed by atoms with van der Waals surface area (Å²) in [6.45, 7) is 0.973. The van der Waals surface area contributed by atoms with Gasteiger partial charge in [0.15, 0.2) is 4.77 Å². The van der Waals surface area contributed by atoms with Crippen molar-refractivity contribution in [2.75, 3.05) is 0 Å². The lowest BCUT2D eigenvalue weighted by atomic mass is 10.1. The minimum Gasteiger partial charge on any atom is -0.352 e. The van der Waals surface area contributed by atoms with E-state index in [9.17, 15) is 9.59 Å². The molecular formula is C21H22ClN3O2S. The topological polar surface area (TPSA) is 66.9 Å². The van der Waals surface area contributed by atoms with Crippen LogP contribution in [-0.2, 0) is 17.9 Å². The number of H-pyrrole nitrogens is 1. The van der Waals surface area contributed by atoms with E-state index in [2.05, 4.69) is 10.3 Å². The highest BCUT2D eigenvalue weighted by molar-refractivity contribution is 7.71. The molecule has 0 unspecified atom stereocenters. The zero-order valence-electron chi connectivity index (χ0n) is 15.4. The molecule has 1 amide bonds. The van der Waals surface area contributed by atoms with Gasteiger partial charge in [-0.2, -0.15) is 0 Å². The molecule has 5 nitrogen and oxygen atoms in total. The van der Waals surface area contributed by atoms with Gasteiger partial charge in [0, 0.05) is 24.5 Å². The van der Waals surface area contributed by atoms with Crippen molar-refractivity contribution in [2.45, 2.75) is 38.8 Å². The molecule has 0 radical (unpaired) electrons. The summed E-state index contributed by atoms with van der Waals surface area (Å²) < 4.78 is 2.02. The number of fused-ring (bicyclic) bond motifs is 1. The molecule has 0 saturated carbocycles. The van der Waals surface area contributed by atoms with E-state index in [-0.39, 0.29) is 11.5 Å². The van der Waals surface area contributed by atoms with E-state index in [1.807, 2.05) is 42.5 Å². The van der Waals surface area contributed by atoms with Gasteiger partial charge < -0.3 is 10.3 Å². The zero-order valence-corrected chi connectivity index (χ0v) is 17.0. The van der Waals surface area contributed by atoms with Gasteiger partial charge >= 0.3 is 0 Å². The van der Waals surface area contributed by atoms with Gasteiger partial charge in [-0.15, -0.1) is 0 Å². The van der Waals surface area contributed by atoms with Gasteiger partial charge in [-0.3, -0.25) is 14.2 Å². The van der Waals surface area contributed by atoms with Crippen molar-refractivity contribution in [1.82, 2.24) is 14.9 Å². The Balaban J connectivity index is 1.44. The Hall–Kier alpha value is -2.44. The number of para-hydroxylation sites is 1. The van der Waals surface area contributed by atoms with Crippen LogP contribution in [0.1, 0.15) is 31.2 Å². The van der Waals surface area contributed by atoms with E-state index in [4.69, 9.17) is 23.8 Å². The van der Waals surface area contributed by atoms with Crippen LogP contribution in [0.15, 0.2) is 53.3 Å². The SMILES string of the molecule is O=C(CCCCCn1c(=S)[nH]c2ccccc2c1=O)NCc1ccccc1Cl. The number of rotatable bonds is 8. The predicted octanol–water partition coefficient (Wildman–Crippen LogP) is 4.59. The number of carbonyl (C=O) groups excluding carboxylic acids is 1. The van der Waals surface area contributed by atoms with Gasteiger partial charge in [0.05, 0.1) is 10.9 Å².